The van der Waals surface area contributed by atoms with Gasteiger partial charge in [-0.05, 0) is 12.8 Å². The quantitative estimate of drug-likeness (QED) is 0.686. The molecule has 0 atom stereocenters. The molecule has 2 aromatic rings. The maximum Gasteiger partial charge on any atom is 0.342 e. The Morgan fingerprint density at radius 2 is 1.61 bits per heavy atom. The molecule has 0 saturated carbocycles. The van der Waals surface area contributed by atoms with Crippen LogP contribution in [0.25, 0.3) is 11.4 Å². The maximum absolute atomic E-state index is 13.5. The second kappa shape index (κ2) is 9.68. The zero-order valence-electron chi connectivity index (χ0n) is 18.4. The molecule has 1 aliphatic heterocycles. The minimum atomic E-state index is -0.600. The van der Waals surface area contributed by atoms with E-state index in [-0.39, 0.29) is 35.6 Å². The van der Waals surface area contributed by atoms with Gasteiger partial charge >= 0.3 is 5.97 Å². The summed E-state index contributed by atoms with van der Waals surface area (Å²) in [5.41, 5.74) is 1.41. The third-order valence-corrected chi connectivity index (χ3v) is 5.21. The highest BCUT2D eigenvalue weighted by Gasteiger charge is 2.32. The van der Waals surface area contributed by atoms with E-state index in [0.29, 0.717) is 37.7 Å². The second-order valence-corrected chi connectivity index (χ2v) is 7.70. The smallest absolute Gasteiger partial charge is 0.342 e. The first-order chi connectivity index (χ1) is 14.8. The van der Waals surface area contributed by atoms with Gasteiger partial charge in [0.05, 0.1) is 12.3 Å². The number of carbonyl (C=O) groups is 3. The Morgan fingerprint density at radius 3 is 2.16 bits per heavy atom. The first-order valence-corrected chi connectivity index (χ1v) is 10.5. The summed E-state index contributed by atoms with van der Waals surface area (Å²) >= 11 is 0. The van der Waals surface area contributed by atoms with Crippen LogP contribution in [-0.4, -0.2) is 70.3 Å². The van der Waals surface area contributed by atoms with Crippen molar-refractivity contribution >= 4 is 17.8 Å². The predicted molar refractivity (Wildman–Crippen MR) is 116 cm³/mol. The van der Waals surface area contributed by atoms with Crippen LogP contribution in [0.2, 0.25) is 0 Å². The molecule has 2 amide bonds. The number of esters is 1. The molecule has 3 rings (SSSR count). The number of ether oxygens (including phenoxy) is 1. The Balaban J connectivity index is 2.09. The van der Waals surface area contributed by atoms with Crippen LogP contribution in [0.1, 0.15) is 60.2 Å². The van der Waals surface area contributed by atoms with E-state index >= 15 is 0 Å². The zero-order chi connectivity index (χ0) is 22.5. The van der Waals surface area contributed by atoms with Crippen molar-refractivity contribution in [3.63, 3.8) is 0 Å². The van der Waals surface area contributed by atoms with Crippen molar-refractivity contribution in [2.45, 2.75) is 33.6 Å². The highest BCUT2D eigenvalue weighted by Crippen LogP contribution is 2.26. The lowest BCUT2D eigenvalue weighted by Gasteiger charge is -2.34. The molecule has 0 spiro atoms. The lowest BCUT2D eigenvalue weighted by Crippen LogP contribution is -2.50. The molecule has 1 aromatic heterocycles. The van der Waals surface area contributed by atoms with Crippen LogP contribution < -0.4 is 0 Å². The molecule has 31 heavy (non-hydrogen) atoms. The summed E-state index contributed by atoms with van der Waals surface area (Å²) < 4.78 is 5.25. The number of hydrogen-bond donors (Lipinski definition) is 0. The minimum Gasteiger partial charge on any atom is -0.462 e. The fourth-order valence-electron chi connectivity index (χ4n) is 3.55. The van der Waals surface area contributed by atoms with Gasteiger partial charge in [-0.2, -0.15) is 0 Å². The SMILES string of the molecule is CCOC(=O)c1c(C(=O)N2CCN(C(C)=O)CC2)nc(-c2ccccc2)nc1C(C)C. The van der Waals surface area contributed by atoms with Crippen molar-refractivity contribution in [1.82, 2.24) is 19.8 Å². The van der Waals surface area contributed by atoms with Gasteiger partial charge in [0.15, 0.2) is 5.82 Å². The average molecular weight is 425 g/mol. The topological polar surface area (TPSA) is 92.7 Å². The zero-order valence-corrected chi connectivity index (χ0v) is 18.4. The summed E-state index contributed by atoms with van der Waals surface area (Å²) in [7, 11) is 0. The van der Waals surface area contributed by atoms with Gasteiger partial charge < -0.3 is 14.5 Å². The summed E-state index contributed by atoms with van der Waals surface area (Å²) in [6.45, 7) is 8.90. The van der Waals surface area contributed by atoms with Crippen molar-refractivity contribution in [3.05, 3.63) is 47.3 Å². The van der Waals surface area contributed by atoms with Crippen molar-refractivity contribution in [2.75, 3.05) is 32.8 Å². The Morgan fingerprint density at radius 1 is 1.00 bits per heavy atom. The fourth-order valence-corrected chi connectivity index (χ4v) is 3.55. The van der Waals surface area contributed by atoms with E-state index in [9.17, 15) is 14.4 Å². The average Bonchev–Trinajstić information content (AvgIpc) is 2.78. The molecule has 2 heterocycles. The third kappa shape index (κ3) is 4.90. The van der Waals surface area contributed by atoms with Gasteiger partial charge in [0.25, 0.3) is 5.91 Å². The third-order valence-electron chi connectivity index (χ3n) is 5.21. The van der Waals surface area contributed by atoms with Crippen LogP contribution >= 0.6 is 0 Å². The number of aromatic nitrogens is 2. The molecule has 164 valence electrons. The lowest BCUT2D eigenvalue weighted by molar-refractivity contribution is -0.130. The van der Waals surface area contributed by atoms with Gasteiger partial charge in [0.2, 0.25) is 5.91 Å². The van der Waals surface area contributed by atoms with Crippen LogP contribution in [-0.2, 0) is 9.53 Å². The lowest BCUT2D eigenvalue weighted by atomic mass is 10.0. The Kier molecular flexibility index (Phi) is 6.99. The van der Waals surface area contributed by atoms with E-state index in [1.54, 1.807) is 16.7 Å². The van der Waals surface area contributed by atoms with E-state index in [4.69, 9.17) is 4.74 Å². The first-order valence-electron chi connectivity index (χ1n) is 10.5. The molecular weight excluding hydrogens is 396 g/mol. The molecule has 1 aromatic carbocycles. The van der Waals surface area contributed by atoms with E-state index in [1.807, 2.05) is 44.2 Å². The second-order valence-electron chi connectivity index (χ2n) is 7.70. The van der Waals surface area contributed by atoms with Crippen LogP contribution in [0.15, 0.2) is 30.3 Å². The first kappa shape index (κ1) is 22.4. The number of carbonyl (C=O) groups excluding carboxylic acids is 3. The Labute approximate surface area is 182 Å². The molecule has 0 unspecified atom stereocenters. The normalized spacial score (nSPS) is 14.0. The van der Waals surface area contributed by atoms with Crippen molar-refractivity contribution in [2.24, 2.45) is 0 Å². The van der Waals surface area contributed by atoms with Gasteiger partial charge in [-0.3, -0.25) is 9.59 Å². The summed E-state index contributed by atoms with van der Waals surface area (Å²) in [6.07, 6.45) is 0. The maximum atomic E-state index is 13.5. The molecule has 0 bridgehead atoms. The van der Waals surface area contributed by atoms with Gasteiger partial charge in [-0.15, -0.1) is 0 Å². The van der Waals surface area contributed by atoms with E-state index in [0.717, 1.165) is 5.56 Å². The van der Waals surface area contributed by atoms with Crippen LogP contribution in [0.4, 0.5) is 0 Å². The summed E-state index contributed by atoms with van der Waals surface area (Å²) in [6, 6.07) is 9.36. The van der Waals surface area contributed by atoms with Crippen LogP contribution in [0.5, 0.6) is 0 Å². The monoisotopic (exact) mass is 424 g/mol. The van der Waals surface area contributed by atoms with Crippen molar-refractivity contribution < 1.29 is 19.1 Å². The molecule has 1 aliphatic rings. The van der Waals surface area contributed by atoms with E-state index < -0.39 is 5.97 Å². The highest BCUT2D eigenvalue weighted by molar-refractivity contribution is 6.05. The standard InChI is InChI=1S/C23H28N4O4/c1-5-31-23(30)18-19(15(2)3)24-21(17-9-7-6-8-10-17)25-20(18)22(29)27-13-11-26(12-14-27)16(4)28/h6-10,15H,5,11-14H2,1-4H3. The molecule has 0 aliphatic carbocycles. The van der Waals surface area contributed by atoms with Crippen LogP contribution in [0.3, 0.4) is 0 Å². The van der Waals surface area contributed by atoms with Crippen molar-refractivity contribution in [1.29, 1.82) is 0 Å². The van der Waals surface area contributed by atoms with E-state index in [2.05, 4.69) is 9.97 Å². The molecule has 0 radical (unpaired) electrons. The Hall–Kier alpha value is -3.29. The molecule has 1 saturated heterocycles. The largest absolute Gasteiger partial charge is 0.462 e. The summed E-state index contributed by atoms with van der Waals surface area (Å²) in [4.78, 5) is 50.4. The molecule has 0 N–H and O–H groups in total. The molecule has 1 fully saturated rings. The number of piperazine rings is 1. The number of nitrogens with zero attached hydrogens (tertiary/aromatic N) is 4. The number of benzene rings is 1. The Bertz CT molecular complexity index is 967. The summed E-state index contributed by atoms with van der Waals surface area (Å²) in [5.74, 6) is -0.701. The van der Waals surface area contributed by atoms with Gasteiger partial charge in [-0.25, -0.2) is 14.8 Å². The minimum absolute atomic E-state index is 0.0187. The van der Waals surface area contributed by atoms with Crippen molar-refractivity contribution in [3.8, 4) is 11.4 Å². The highest BCUT2D eigenvalue weighted by atomic mass is 16.5. The number of rotatable bonds is 5. The van der Waals surface area contributed by atoms with Gasteiger partial charge in [0.1, 0.15) is 11.3 Å². The summed E-state index contributed by atoms with van der Waals surface area (Å²) in [5, 5.41) is 0. The molecular formula is C23H28N4O4. The number of hydrogen-bond acceptors (Lipinski definition) is 6. The van der Waals surface area contributed by atoms with Gasteiger partial charge in [0, 0.05) is 38.7 Å². The van der Waals surface area contributed by atoms with Crippen LogP contribution in [0, 0.1) is 0 Å². The predicted octanol–water partition coefficient (Wildman–Crippen LogP) is 2.75. The van der Waals surface area contributed by atoms with Gasteiger partial charge in [-0.1, -0.05) is 44.2 Å². The molecule has 8 nitrogen and oxygen atoms in total. The molecule has 8 heteroatoms. The fraction of sp³-hybridized carbons (Fsp3) is 0.435. The number of amides is 2. The van der Waals surface area contributed by atoms with E-state index in [1.165, 1.54) is 6.92 Å².